The first-order valence-electron chi connectivity index (χ1n) is 13.0. The molecule has 0 spiro atoms. The van der Waals surface area contributed by atoms with Crippen LogP contribution in [-0.4, -0.2) is 71.7 Å². The van der Waals surface area contributed by atoms with Gasteiger partial charge in [0.2, 0.25) is 23.6 Å². The molecule has 4 amide bonds. The zero-order valence-electron chi connectivity index (χ0n) is 22.1. The van der Waals surface area contributed by atoms with Crippen LogP contribution in [0.4, 0.5) is 0 Å². The number of rotatable bonds is 12. The van der Waals surface area contributed by atoms with Gasteiger partial charge >= 0.3 is 0 Å². The van der Waals surface area contributed by atoms with E-state index in [9.17, 15) is 19.2 Å². The van der Waals surface area contributed by atoms with Crippen molar-refractivity contribution in [2.24, 2.45) is 17.2 Å². The van der Waals surface area contributed by atoms with Gasteiger partial charge in [-0.3, -0.25) is 24.6 Å². The first kappa shape index (κ1) is 29.4. The molecule has 12 nitrogen and oxygen atoms in total. The van der Waals surface area contributed by atoms with E-state index in [0.29, 0.717) is 25.8 Å². The van der Waals surface area contributed by atoms with E-state index in [1.807, 2.05) is 42.5 Å². The fourth-order valence-corrected chi connectivity index (χ4v) is 4.86. The van der Waals surface area contributed by atoms with Crippen molar-refractivity contribution in [3.8, 4) is 0 Å². The summed E-state index contributed by atoms with van der Waals surface area (Å²) in [6.45, 7) is 1.93. The minimum absolute atomic E-state index is 0.142. The molecule has 10 N–H and O–H groups in total. The van der Waals surface area contributed by atoms with Gasteiger partial charge in [-0.05, 0) is 42.0 Å². The number of carbonyl (C=O) groups excluding carboxylic acids is 4. The number of hydrogen-bond acceptors (Lipinski definition) is 6. The molecule has 1 fully saturated rings. The number of hydrogen-bond donors (Lipinski definition) is 7. The van der Waals surface area contributed by atoms with E-state index in [1.165, 1.54) is 11.8 Å². The molecule has 0 saturated carbocycles. The van der Waals surface area contributed by atoms with Gasteiger partial charge in [-0.15, -0.1) is 0 Å². The van der Waals surface area contributed by atoms with Gasteiger partial charge in [-0.25, -0.2) is 0 Å². The maximum absolute atomic E-state index is 13.7. The molecular formula is C27H38N8O4. The molecular weight excluding hydrogens is 500 g/mol. The van der Waals surface area contributed by atoms with Crippen LogP contribution in [0.5, 0.6) is 0 Å². The van der Waals surface area contributed by atoms with Gasteiger partial charge in [0.1, 0.15) is 18.1 Å². The van der Waals surface area contributed by atoms with Crippen molar-refractivity contribution in [1.82, 2.24) is 20.9 Å². The highest BCUT2D eigenvalue weighted by Crippen LogP contribution is 2.21. The third kappa shape index (κ3) is 8.40. The van der Waals surface area contributed by atoms with Gasteiger partial charge in [0.05, 0.1) is 0 Å². The second-order valence-electron chi connectivity index (χ2n) is 9.94. The van der Waals surface area contributed by atoms with E-state index in [-0.39, 0.29) is 31.3 Å². The average Bonchev–Trinajstić information content (AvgIpc) is 3.28. The fraction of sp³-hybridized carbons (Fsp3) is 0.444. The van der Waals surface area contributed by atoms with Crippen LogP contribution < -0.4 is 33.2 Å². The second kappa shape index (κ2) is 13.6. The zero-order valence-corrected chi connectivity index (χ0v) is 22.1. The van der Waals surface area contributed by atoms with Crippen LogP contribution in [0.3, 0.4) is 0 Å². The van der Waals surface area contributed by atoms with Crippen molar-refractivity contribution in [3.63, 3.8) is 0 Å². The van der Waals surface area contributed by atoms with Gasteiger partial charge in [-0.1, -0.05) is 42.5 Å². The molecule has 0 bridgehead atoms. The van der Waals surface area contributed by atoms with Gasteiger partial charge in [0.15, 0.2) is 5.96 Å². The van der Waals surface area contributed by atoms with Gasteiger partial charge in [0, 0.05) is 32.5 Å². The third-order valence-electron chi connectivity index (χ3n) is 6.74. The summed E-state index contributed by atoms with van der Waals surface area (Å²) in [7, 11) is 0. The Kier molecular flexibility index (Phi) is 10.2. The van der Waals surface area contributed by atoms with Crippen LogP contribution in [0.15, 0.2) is 42.5 Å². The molecule has 0 radical (unpaired) electrons. The minimum Gasteiger partial charge on any atom is -0.370 e. The van der Waals surface area contributed by atoms with Crippen molar-refractivity contribution in [3.05, 3.63) is 48.0 Å². The number of benzene rings is 2. The minimum atomic E-state index is -0.924. The van der Waals surface area contributed by atoms with E-state index in [1.54, 1.807) is 0 Å². The fourth-order valence-electron chi connectivity index (χ4n) is 4.86. The van der Waals surface area contributed by atoms with Crippen LogP contribution in [0, 0.1) is 5.41 Å². The van der Waals surface area contributed by atoms with Crippen LogP contribution >= 0.6 is 0 Å². The molecule has 39 heavy (non-hydrogen) atoms. The normalized spacial score (nSPS) is 18.3. The van der Waals surface area contributed by atoms with Gasteiger partial charge in [0.25, 0.3) is 0 Å². The lowest BCUT2D eigenvalue weighted by Crippen LogP contribution is -2.56. The summed E-state index contributed by atoms with van der Waals surface area (Å²) in [5, 5.41) is 17.3. The number of nitrogens with two attached hydrogens (primary N) is 3. The second-order valence-corrected chi connectivity index (χ2v) is 9.94. The molecule has 0 aliphatic carbocycles. The number of primary amides is 1. The smallest absolute Gasteiger partial charge is 0.246 e. The number of nitrogens with one attached hydrogen (secondary N) is 4. The Morgan fingerprint density at radius 2 is 1.74 bits per heavy atom. The number of fused-ring (bicyclic) bond motifs is 1. The average molecular weight is 539 g/mol. The molecule has 210 valence electrons. The highest BCUT2D eigenvalue weighted by atomic mass is 16.2. The number of likely N-dealkylation sites (tertiary alicyclic amines) is 1. The van der Waals surface area contributed by atoms with Crippen molar-refractivity contribution in [2.75, 3.05) is 13.1 Å². The van der Waals surface area contributed by atoms with Crippen LogP contribution in [0.2, 0.25) is 0 Å². The Labute approximate surface area is 227 Å². The Bertz CT molecular complexity index is 1220. The molecule has 3 rings (SSSR count). The Morgan fingerprint density at radius 3 is 2.41 bits per heavy atom. The number of guanidine groups is 1. The maximum Gasteiger partial charge on any atom is 0.246 e. The van der Waals surface area contributed by atoms with Crippen molar-refractivity contribution < 1.29 is 19.2 Å². The van der Waals surface area contributed by atoms with Crippen LogP contribution in [-0.2, 0) is 25.6 Å². The molecule has 1 aliphatic heterocycles. The summed E-state index contributed by atoms with van der Waals surface area (Å²) in [4.78, 5) is 52.3. The lowest BCUT2D eigenvalue weighted by molar-refractivity contribution is -0.141. The van der Waals surface area contributed by atoms with E-state index in [0.717, 1.165) is 16.3 Å². The summed E-state index contributed by atoms with van der Waals surface area (Å²) in [6, 6.07) is 10.5. The molecule has 4 atom stereocenters. The van der Waals surface area contributed by atoms with E-state index in [4.69, 9.17) is 22.6 Å². The topological polar surface area (TPSA) is 210 Å². The molecule has 1 aliphatic rings. The van der Waals surface area contributed by atoms with Crippen molar-refractivity contribution >= 4 is 40.4 Å². The molecule has 2 aromatic rings. The summed E-state index contributed by atoms with van der Waals surface area (Å²) in [5.41, 5.74) is 17.8. The van der Waals surface area contributed by atoms with E-state index < -0.39 is 41.9 Å². The first-order chi connectivity index (χ1) is 18.5. The lowest BCUT2D eigenvalue weighted by Gasteiger charge is -2.29. The largest absolute Gasteiger partial charge is 0.370 e. The first-order valence-corrected chi connectivity index (χ1v) is 13.0. The summed E-state index contributed by atoms with van der Waals surface area (Å²) in [5.74, 6) is -2.14. The van der Waals surface area contributed by atoms with E-state index in [2.05, 4.69) is 16.0 Å². The molecule has 0 aromatic heterocycles. The number of carbonyl (C=O) groups is 4. The Morgan fingerprint density at radius 1 is 1.03 bits per heavy atom. The summed E-state index contributed by atoms with van der Waals surface area (Å²) >= 11 is 0. The SMILES string of the molecule is CC(=O)NC(Cc1ccc2ccccc2c1)C(=O)N1C[C@@H](N)C[C@H]1C(=O)N[C@@H](CCCCNC(=N)N)C(N)=O. The summed E-state index contributed by atoms with van der Waals surface area (Å²) in [6.07, 6.45) is 1.92. The predicted molar refractivity (Wildman–Crippen MR) is 148 cm³/mol. The standard InChI is InChI=1S/C27H38N8O4/c1-16(36)33-22(13-17-9-10-18-6-2-3-7-19(18)12-17)26(39)35-15-20(28)14-23(35)25(38)34-21(24(29)37)8-4-5-11-32-27(30)31/h2-3,6-7,9-10,12,20-23H,4-5,8,11,13-15,28H2,1H3,(H2,29,37)(H,33,36)(H,34,38)(H4,30,31,32)/t20-,21-,22?,23-/m0/s1. The lowest BCUT2D eigenvalue weighted by atomic mass is 10.0. The predicted octanol–water partition coefficient (Wildman–Crippen LogP) is -0.561. The molecule has 2 aromatic carbocycles. The molecule has 1 unspecified atom stereocenters. The maximum atomic E-state index is 13.7. The Hall–Kier alpha value is -4.19. The monoisotopic (exact) mass is 538 g/mol. The zero-order chi connectivity index (χ0) is 28.5. The highest BCUT2D eigenvalue weighted by molar-refractivity contribution is 5.94. The van der Waals surface area contributed by atoms with Crippen molar-refractivity contribution in [2.45, 2.75) is 63.2 Å². The number of amides is 4. The number of nitrogens with zero attached hydrogens (tertiary/aromatic N) is 1. The highest BCUT2D eigenvalue weighted by Gasteiger charge is 2.41. The third-order valence-corrected chi connectivity index (χ3v) is 6.74. The van der Waals surface area contributed by atoms with Crippen molar-refractivity contribution in [1.29, 1.82) is 5.41 Å². The van der Waals surface area contributed by atoms with Gasteiger partial charge in [-0.2, -0.15) is 0 Å². The summed E-state index contributed by atoms with van der Waals surface area (Å²) < 4.78 is 0. The molecule has 1 saturated heterocycles. The van der Waals surface area contributed by atoms with Crippen LogP contribution in [0.1, 0.15) is 38.2 Å². The van der Waals surface area contributed by atoms with Gasteiger partial charge < -0.3 is 38.1 Å². The Balaban J connectivity index is 1.71. The van der Waals surface area contributed by atoms with Crippen LogP contribution in [0.25, 0.3) is 10.8 Å². The molecule has 12 heteroatoms. The van der Waals surface area contributed by atoms with E-state index >= 15 is 0 Å². The molecule has 1 heterocycles. The number of unbranched alkanes of at least 4 members (excludes halogenated alkanes) is 1. The quantitative estimate of drug-likeness (QED) is 0.106.